The van der Waals surface area contributed by atoms with Gasteiger partial charge in [-0.25, -0.2) is 9.07 Å². The summed E-state index contributed by atoms with van der Waals surface area (Å²) >= 11 is 1.38. The third-order valence-corrected chi connectivity index (χ3v) is 4.35. The van der Waals surface area contributed by atoms with Crippen LogP contribution in [-0.2, 0) is 12.3 Å². The van der Waals surface area contributed by atoms with Crippen molar-refractivity contribution in [3.63, 3.8) is 0 Å². The van der Waals surface area contributed by atoms with Crippen molar-refractivity contribution in [1.29, 1.82) is 0 Å². The zero-order valence-corrected chi connectivity index (χ0v) is 14.3. The van der Waals surface area contributed by atoms with Gasteiger partial charge in [-0.1, -0.05) is 29.1 Å². The van der Waals surface area contributed by atoms with E-state index in [4.69, 9.17) is 4.42 Å². The molecule has 0 unspecified atom stereocenters. The number of rotatable bonds is 6. The number of hydrogen-bond donors (Lipinski definition) is 0. The number of aromatic nitrogens is 6. The molecule has 7 nitrogen and oxygen atoms in total. The van der Waals surface area contributed by atoms with Gasteiger partial charge in [-0.05, 0) is 29.8 Å². The van der Waals surface area contributed by atoms with Crippen molar-refractivity contribution < 1.29 is 8.81 Å². The maximum Gasteiger partial charge on any atom is 0.277 e. The quantitative estimate of drug-likeness (QED) is 0.483. The summed E-state index contributed by atoms with van der Waals surface area (Å²) in [6.07, 6.45) is 5.20. The highest BCUT2D eigenvalue weighted by Crippen LogP contribution is 2.24. The van der Waals surface area contributed by atoms with Gasteiger partial charge in [-0.3, -0.25) is 4.98 Å². The van der Waals surface area contributed by atoms with Crippen LogP contribution in [0.4, 0.5) is 4.39 Å². The standard InChI is InChI=1S/C17H13FN6OS/c18-14-5-3-12(4-6-14)9-24-10-15(20-23-24)11-26-17-22-21-16(25-17)13-2-1-7-19-8-13/h1-8,10H,9,11H2. The Labute approximate surface area is 152 Å². The van der Waals surface area contributed by atoms with Crippen LogP contribution in [0.15, 0.2) is 64.6 Å². The van der Waals surface area contributed by atoms with E-state index in [2.05, 4.69) is 25.5 Å². The number of halogens is 1. The Morgan fingerprint density at radius 2 is 1.96 bits per heavy atom. The second-order valence-electron chi connectivity index (χ2n) is 5.44. The lowest BCUT2D eigenvalue weighted by Gasteiger charge is -2.00. The van der Waals surface area contributed by atoms with Gasteiger partial charge in [0.2, 0.25) is 5.89 Å². The van der Waals surface area contributed by atoms with Crippen LogP contribution >= 0.6 is 11.8 Å². The number of benzene rings is 1. The van der Waals surface area contributed by atoms with Gasteiger partial charge in [0.1, 0.15) is 5.82 Å². The summed E-state index contributed by atoms with van der Waals surface area (Å²) in [6, 6.07) is 9.98. The predicted octanol–water partition coefficient (Wildman–Crippen LogP) is 3.20. The van der Waals surface area contributed by atoms with Gasteiger partial charge >= 0.3 is 0 Å². The lowest BCUT2D eigenvalue weighted by molar-refractivity contribution is 0.465. The van der Waals surface area contributed by atoms with E-state index < -0.39 is 0 Å². The van der Waals surface area contributed by atoms with Crippen molar-refractivity contribution in [3.05, 3.63) is 72.1 Å². The third-order valence-electron chi connectivity index (χ3n) is 3.50. The zero-order chi connectivity index (χ0) is 17.8. The van der Waals surface area contributed by atoms with Crippen LogP contribution in [-0.4, -0.2) is 30.2 Å². The average Bonchev–Trinajstić information content (AvgIpc) is 3.32. The van der Waals surface area contributed by atoms with Crippen molar-refractivity contribution in [1.82, 2.24) is 30.2 Å². The molecule has 0 spiro atoms. The Kier molecular flexibility index (Phi) is 4.69. The highest BCUT2D eigenvalue weighted by molar-refractivity contribution is 7.98. The molecule has 0 bridgehead atoms. The molecule has 1 aromatic carbocycles. The Bertz CT molecular complexity index is 986. The zero-order valence-electron chi connectivity index (χ0n) is 13.5. The van der Waals surface area contributed by atoms with E-state index in [1.165, 1.54) is 23.9 Å². The molecule has 3 aromatic heterocycles. The minimum absolute atomic E-state index is 0.255. The fourth-order valence-corrected chi connectivity index (χ4v) is 2.91. The number of pyridine rings is 1. The fraction of sp³-hybridized carbons (Fsp3) is 0.118. The molecule has 0 aliphatic carbocycles. The van der Waals surface area contributed by atoms with Gasteiger partial charge in [0.05, 0.1) is 17.8 Å². The van der Waals surface area contributed by atoms with Crippen LogP contribution in [0.3, 0.4) is 0 Å². The molecule has 9 heteroatoms. The third kappa shape index (κ3) is 3.94. The van der Waals surface area contributed by atoms with Crippen molar-refractivity contribution in [3.8, 4) is 11.5 Å². The molecule has 0 amide bonds. The van der Waals surface area contributed by atoms with E-state index in [0.717, 1.165) is 16.8 Å². The van der Waals surface area contributed by atoms with Gasteiger partial charge in [0.15, 0.2) is 0 Å². The van der Waals surface area contributed by atoms with Gasteiger partial charge in [0.25, 0.3) is 5.22 Å². The van der Waals surface area contributed by atoms with Gasteiger partial charge in [-0.2, -0.15) is 0 Å². The fourth-order valence-electron chi connectivity index (χ4n) is 2.27. The number of nitrogens with zero attached hydrogens (tertiary/aromatic N) is 6. The first kappa shape index (κ1) is 16.4. The van der Waals surface area contributed by atoms with Crippen LogP contribution in [0.25, 0.3) is 11.5 Å². The SMILES string of the molecule is Fc1ccc(Cn2cc(CSc3nnc(-c4cccnc4)o3)nn2)cc1. The second kappa shape index (κ2) is 7.44. The molecule has 130 valence electrons. The summed E-state index contributed by atoms with van der Waals surface area (Å²) in [5.41, 5.74) is 2.52. The Hall–Kier alpha value is -3.07. The number of hydrogen-bond acceptors (Lipinski definition) is 7. The highest BCUT2D eigenvalue weighted by Gasteiger charge is 2.10. The average molecular weight is 368 g/mol. The Balaban J connectivity index is 1.36. The first-order valence-electron chi connectivity index (χ1n) is 7.76. The molecule has 0 aliphatic heterocycles. The van der Waals surface area contributed by atoms with Crippen molar-refractivity contribution >= 4 is 11.8 Å². The van der Waals surface area contributed by atoms with E-state index >= 15 is 0 Å². The Morgan fingerprint density at radius 1 is 1.08 bits per heavy atom. The largest absolute Gasteiger partial charge is 0.411 e. The lowest BCUT2D eigenvalue weighted by Crippen LogP contribution is -2.00. The van der Waals surface area contributed by atoms with Crippen LogP contribution in [0.5, 0.6) is 0 Å². The smallest absolute Gasteiger partial charge is 0.277 e. The van der Waals surface area contributed by atoms with Crippen LogP contribution < -0.4 is 0 Å². The molecule has 0 saturated heterocycles. The molecule has 3 heterocycles. The molecule has 26 heavy (non-hydrogen) atoms. The Morgan fingerprint density at radius 3 is 2.77 bits per heavy atom. The monoisotopic (exact) mass is 368 g/mol. The van der Waals surface area contributed by atoms with E-state index in [1.807, 2.05) is 18.3 Å². The molecular weight excluding hydrogens is 355 g/mol. The van der Waals surface area contributed by atoms with Crippen molar-refractivity contribution in [2.75, 3.05) is 0 Å². The molecule has 0 atom stereocenters. The summed E-state index contributed by atoms with van der Waals surface area (Å²) in [5.74, 6) is 0.730. The first-order valence-corrected chi connectivity index (χ1v) is 8.75. The molecule has 0 radical (unpaired) electrons. The maximum atomic E-state index is 12.9. The van der Waals surface area contributed by atoms with Gasteiger partial charge < -0.3 is 4.42 Å². The minimum atomic E-state index is -0.255. The van der Waals surface area contributed by atoms with E-state index in [9.17, 15) is 4.39 Å². The minimum Gasteiger partial charge on any atom is -0.411 e. The van der Waals surface area contributed by atoms with Crippen molar-refractivity contribution in [2.45, 2.75) is 17.5 Å². The molecule has 4 aromatic rings. The second-order valence-corrected chi connectivity index (χ2v) is 6.36. The predicted molar refractivity (Wildman–Crippen MR) is 92.6 cm³/mol. The van der Waals surface area contributed by atoms with E-state index in [1.54, 1.807) is 29.2 Å². The van der Waals surface area contributed by atoms with E-state index in [-0.39, 0.29) is 5.82 Å². The molecular formula is C17H13FN6OS. The first-order chi connectivity index (χ1) is 12.8. The summed E-state index contributed by atoms with van der Waals surface area (Å²) < 4.78 is 20.3. The lowest BCUT2D eigenvalue weighted by atomic mass is 10.2. The van der Waals surface area contributed by atoms with Gasteiger partial charge in [-0.15, -0.1) is 15.3 Å². The summed E-state index contributed by atoms with van der Waals surface area (Å²) in [7, 11) is 0. The molecule has 0 aliphatic rings. The summed E-state index contributed by atoms with van der Waals surface area (Å²) in [4.78, 5) is 4.03. The topological polar surface area (TPSA) is 82.5 Å². The molecule has 0 saturated carbocycles. The van der Waals surface area contributed by atoms with E-state index in [0.29, 0.717) is 23.4 Å². The number of thioether (sulfide) groups is 1. The van der Waals surface area contributed by atoms with Crippen LogP contribution in [0, 0.1) is 5.82 Å². The highest BCUT2D eigenvalue weighted by atomic mass is 32.2. The molecule has 4 rings (SSSR count). The van der Waals surface area contributed by atoms with Gasteiger partial charge in [0, 0.05) is 24.3 Å². The van der Waals surface area contributed by atoms with Crippen LogP contribution in [0.1, 0.15) is 11.3 Å². The summed E-state index contributed by atoms with van der Waals surface area (Å²) in [6.45, 7) is 0.531. The normalized spacial score (nSPS) is 11.0. The maximum absolute atomic E-state index is 12.9. The van der Waals surface area contributed by atoms with Crippen molar-refractivity contribution in [2.24, 2.45) is 0 Å². The molecule has 0 N–H and O–H groups in total. The summed E-state index contributed by atoms with van der Waals surface area (Å²) in [5, 5.41) is 16.7. The van der Waals surface area contributed by atoms with Crippen LogP contribution in [0.2, 0.25) is 0 Å². The molecule has 0 fully saturated rings.